The zero-order chi connectivity index (χ0) is 18.5. The van der Waals surface area contributed by atoms with E-state index >= 15 is 0 Å². The molecule has 0 radical (unpaired) electrons. The molecule has 0 atom stereocenters. The van der Waals surface area contributed by atoms with Crippen LogP contribution in [0.1, 0.15) is 30.9 Å². The third kappa shape index (κ3) is 4.17. The highest BCUT2D eigenvalue weighted by Crippen LogP contribution is 2.27. The maximum Gasteiger partial charge on any atom is 0.127 e. The average Bonchev–Trinajstić information content (AvgIpc) is 3.14. The van der Waals surface area contributed by atoms with Gasteiger partial charge in [0.1, 0.15) is 5.75 Å². The molecule has 0 saturated heterocycles. The van der Waals surface area contributed by atoms with Crippen molar-refractivity contribution in [3.63, 3.8) is 0 Å². The first-order chi connectivity index (χ1) is 13.3. The van der Waals surface area contributed by atoms with Crippen LogP contribution in [0.25, 0.3) is 10.8 Å². The summed E-state index contributed by atoms with van der Waals surface area (Å²) < 4.78 is 6.15. The van der Waals surface area contributed by atoms with Gasteiger partial charge in [-0.05, 0) is 54.8 Å². The van der Waals surface area contributed by atoms with Crippen molar-refractivity contribution in [2.45, 2.75) is 38.6 Å². The van der Waals surface area contributed by atoms with E-state index in [0.717, 1.165) is 25.3 Å². The Morgan fingerprint density at radius 1 is 0.852 bits per heavy atom. The van der Waals surface area contributed by atoms with Crippen LogP contribution in [0.4, 0.5) is 0 Å². The monoisotopic (exact) mass is 359 g/mol. The average molecular weight is 360 g/mol. The van der Waals surface area contributed by atoms with E-state index in [1.54, 1.807) is 0 Å². The second-order valence-corrected chi connectivity index (χ2v) is 7.55. The summed E-state index contributed by atoms with van der Waals surface area (Å²) in [6.45, 7) is 5.33. The molecule has 0 aliphatic heterocycles. The Morgan fingerprint density at radius 3 is 2.33 bits per heavy atom. The van der Waals surface area contributed by atoms with Crippen LogP contribution in [0.2, 0.25) is 0 Å². The summed E-state index contributed by atoms with van der Waals surface area (Å²) in [7, 11) is 0. The lowest BCUT2D eigenvalue weighted by Crippen LogP contribution is -2.37. The molecule has 2 heteroatoms. The van der Waals surface area contributed by atoms with Gasteiger partial charge in [0.25, 0.3) is 0 Å². The molecule has 3 aromatic carbocycles. The standard InChI is InChI=1S/C25H29NO/c1-2-15-26(23-18-21-10-3-4-11-22(21)19-23)16-8-17-27-25-14-7-12-20-9-5-6-13-24(20)25/h3-7,9-14,23H,2,8,15-19H2,1H3. The molecule has 0 bridgehead atoms. The van der Waals surface area contributed by atoms with E-state index in [1.165, 1.54) is 47.7 Å². The summed E-state index contributed by atoms with van der Waals surface area (Å²) >= 11 is 0. The fourth-order valence-corrected chi connectivity index (χ4v) is 4.33. The third-order valence-corrected chi connectivity index (χ3v) is 5.65. The lowest BCUT2D eigenvalue weighted by molar-refractivity contribution is 0.183. The van der Waals surface area contributed by atoms with Gasteiger partial charge in [-0.1, -0.05) is 67.6 Å². The van der Waals surface area contributed by atoms with Crippen molar-refractivity contribution in [1.29, 1.82) is 0 Å². The number of benzene rings is 3. The van der Waals surface area contributed by atoms with Crippen LogP contribution in [-0.4, -0.2) is 30.6 Å². The summed E-state index contributed by atoms with van der Waals surface area (Å²) in [5.41, 5.74) is 3.08. The third-order valence-electron chi connectivity index (χ3n) is 5.65. The smallest absolute Gasteiger partial charge is 0.127 e. The molecule has 0 fully saturated rings. The molecule has 0 saturated carbocycles. The molecule has 3 aromatic rings. The normalized spacial score (nSPS) is 14.0. The van der Waals surface area contributed by atoms with E-state index in [4.69, 9.17) is 4.74 Å². The zero-order valence-electron chi connectivity index (χ0n) is 16.2. The van der Waals surface area contributed by atoms with Gasteiger partial charge in [-0.25, -0.2) is 0 Å². The van der Waals surface area contributed by atoms with E-state index in [2.05, 4.69) is 78.6 Å². The molecule has 27 heavy (non-hydrogen) atoms. The molecular formula is C25H29NO. The number of fused-ring (bicyclic) bond motifs is 2. The Labute approximate surface area is 162 Å². The summed E-state index contributed by atoms with van der Waals surface area (Å²) in [5.74, 6) is 1.00. The van der Waals surface area contributed by atoms with E-state index in [9.17, 15) is 0 Å². The van der Waals surface area contributed by atoms with Crippen LogP contribution in [-0.2, 0) is 12.8 Å². The number of rotatable bonds is 8. The van der Waals surface area contributed by atoms with Gasteiger partial charge in [0, 0.05) is 18.0 Å². The Hall–Kier alpha value is -2.32. The molecule has 0 heterocycles. The Balaban J connectivity index is 1.33. The van der Waals surface area contributed by atoms with Crippen LogP contribution in [0.3, 0.4) is 0 Å². The van der Waals surface area contributed by atoms with E-state index in [-0.39, 0.29) is 0 Å². The summed E-state index contributed by atoms with van der Waals surface area (Å²) in [6, 6.07) is 24.3. The number of hydrogen-bond donors (Lipinski definition) is 0. The van der Waals surface area contributed by atoms with Gasteiger partial charge in [-0.2, -0.15) is 0 Å². The van der Waals surface area contributed by atoms with Crippen LogP contribution >= 0.6 is 0 Å². The van der Waals surface area contributed by atoms with Gasteiger partial charge in [0.05, 0.1) is 6.61 Å². The zero-order valence-corrected chi connectivity index (χ0v) is 16.2. The van der Waals surface area contributed by atoms with Gasteiger partial charge < -0.3 is 4.74 Å². The predicted octanol–water partition coefficient (Wildman–Crippen LogP) is 5.49. The van der Waals surface area contributed by atoms with Crippen LogP contribution in [0.5, 0.6) is 5.75 Å². The topological polar surface area (TPSA) is 12.5 Å². The molecule has 140 valence electrons. The minimum Gasteiger partial charge on any atom is -0.493 e. The fraction of sp³-hybridized carbons (Fsp3) is 0.360. The summed E-state index contributed by atoms with van der Waals surface area (Å²) in [4.78, 5) is 2.67. The second kappa shape index (κ2) is 8.58. The van der Waals surface area contributed by atoms with Crippen LogP contribution < -0.4 is 4.74 Å². The molecule has 1 aliphatic carbocycles. The maximum atomic E-state index is 6.15. The van der Waals surface area contributed by atoms with Crippen molar-refractivity contribution in [2.75, 3.05) is 19.7 Å². The molecule has 0 spiro atoms. The number of hydrogen-bond acceptors (Lipinski definition) is 2. The first kappa shape index (κ1) is 18.1. The van der Waals surface area contributed by atoms with Gasteiger partial charge in [0.2, 0.25) is 0 Å². The van der Waals surface area contributed by atoms with Crippen LogP contribution in [0, 0.1) is 0 Å². The lowest BCUT2D eigenvalue weighted by Gasteiger charge is -2.28. The number of ether oxygens (including phenoxy) is 1. The second-order valence-electron chi connectivity index (χ2n) is 7.55. The molecule has 0 amide bonds. The highest BCUT2D eigenvalue weighted by molar-refractivity contribution is 5.88. The van der Waals surface area contributed by atoms with Gasteiger partial charge >= 0.3 is 0 Å². The minimum absolute atomic E-state index is 0.653. The fourth-order valence-electron chi connectivity index (χ4n) is 4.33. The van der Waals surface area contributed by atoms with E-state index in [1.807, 2.05) is 0 Å². The van der Waals surface area contributed by atoms with E-state index in [0.29, 0.717) is 6.04 Å². The van der Waals surface area contributed by atoms with Crippen molar-refractivity contribution in [3.8, 4) is 5.75 Å². The molecule has 4 rings (SSSR count). The minimum atomic E-state index is 0.653. The van der Waals surface area contributed by atoms with Crippen molar-refractivity contribution in [2.24, 2.45) is 0 Å². The highest BCUT2D eigenvalue weighted by atomic mass is 16.5. The van der Waals surface area contributed by atoms with Crippen LogP contribution in [0.15, 0.2) is 66.7 Å². The molecule has 0 N–H and O–H groups in total. The first-order valence-corrected chi connectivity index (χ1v) is 10.3. The van der Waals surface area contributed by atoms with Gasteiger partial charge in [-0.15, -0.1) is 0 Å². The van der Waals surface area contributed by atoms with Crippen molar-refractivity contribution >= 4 is 10.8 Å². The molecule has 0 unspecified atom stereocenters. The molecular weight excluding hydrogens is 330 g/mol. The summed E-state index contributed by atoms with van der Waals surface area (Å²) in [6.07, 6.45) is 4.66. The first-order valence-electron chi connectivity index (χ1n) is 10.3. The molecule has 2 nitrogen and oxygen atoms in total. The molecule has 0 aromatic heterocycles. The number of nitrogens with zero attached hydrogens (tertiary/aromatic N) is 1. The highest BCUT2D eigenvalue weighted by Gasteiger charge is 2.25. The lowest BCUT2D eigenvalue weighted by atomic mass is 10.1. The Kier molecular flexibility index (Phi) is 5.74. The Morgan fingerprint density at radius 2 is 1.56 bits per heavy atom. The van der Waals surface area contributed by atoms with Crippen molar-refractivity contribution in [3.05, 3.63) is 77.9 Å². The van der Waals surface area contributed by atoms with Crippen molar-refractivity contribution < 1.29 is 4.74 Å². The van der Waals surface area contributed by atoms with E-state index < -0.39 is 0 Å². The van der Waals surface area contributed by atoms with Gasteiger partial charge in [-0.3, -0.25) is 4.90 Å². The predicted molar refractivity (Wildman–Crippen MR) is 114 cm³/mol. The quantitative estimate of drug-likeness (QED) is 0.493. The largest absolute Gasteiger partial charge is 0.493 e. The van der Waals surface area contributed by atoms with Gasteiger partial charge in [0.15, 0.2) is 0 Å². The SMILES string of the molecule is CCCN(CCCOc1cccc2ccccc12)C1Cc2ccccc2C1. The van der Waals surface area contributed by atoms with Crippen molar-refractivity contribution in [1.82, 2.24) is 4.90 Å². The Bertz CT molecular complexity index is 858. The maximum absolute atomic E-state index is 6.15. The molecule has 1 aliphatic rings. The summed E-state index contributed by atoms with van der Waals surface area (Å²) in [5, 5.41) is 2.45.